The lowest BCUT2D eigenvalue weighted by Crippen LogP contribution is -2.27. The summed E-state index contributed by atoms with van der Waals surface area (Å²) in [5.41, 5.74) is 7.09. The van der Waals surface area contributed by atoms with Gasteiger partial charge in [-0.25, -0.2) is 0 Å². The van der Waals surface area contributed by atoms with E-state index in [9.17, 15) is 4.79 Å². The third-order valence-electron chi connectivity index (χ3n) is 5.81. The van der Waals surface area contributed by atoms with Gasteiger partial charge in [-0.1, -0.05) is 40.2 Å². The Hall–Kier alpha value is -1.45. The smallest absolute Gasteiger partial charge is 0.167 e. The van der Waals surface area contributed by atoms with Gasteiger partial charge in [-0.2, -0.15) is 0 Å². The first kappa shape index (κ1) is 16.0. The first-order valence-corrected chi connectivity index (χ1v) is 9.25. The van der Waals surface area contributed by atoms with Crippen molar-refractivity contribution < 1.29 is 9.53 Å². The summed E-state index contributed by atoms with van der Waals surface area (Å²) < 4.78 is 6.91. The molecule has 0 radical (unpaired) electrons. The number of ketones is 1. The number of benzene rings is 2. The molecule has 0 saturated carbocycles. The summed E-state index contributed by atoms with van der Waals surface area (Å²) in [6, 6.07) is 10.5. The summed E-state index contributed by atoms with van der Waals surface area (Å²) in [6.07, 6.45) is 1.81. The lowest BCUT2D eigenvalue weighted by molar-refractivity contribution is 0.0621. The summed E-state index contributed by atoms with van der Waals surface area (Å²) in [6.45, 7) is 4.17. The Labute approximate surface area is 151 Å². The van der Waals surface area contributed by atoms with Crippen molar-refractivity contribution >= 4 is 21.7 Å². The number of fused-ring (bicyclic) bond motifs is 2. The highest BCUT2D eigenvalue weighted by molar-refractivity contribution is 9.10. The number of Topliss-reactive ketones (excluding diaryl/α,β-unsaturated/α-hetero) is 1. The quantitative estimate of drug-likeness (QED) is 0.744. The standard InChI is InChI=1S/C21H21BrO2/c1-11-8-16-15(12(2)20(11)22)10-17(21(16)23)19-14-7-5-4-6-13(14)9-18(19)24-3/h4-8,17-19H,9-10H2,1-3H3. The van der Waals surface area contributed by atoms with Crippen LogP contribution in [0.15, 0.2) is 34.8 Å². The lowest BCUT2D eigenvalue weighted by atomic mass is 9.83. The van der Waals surface area contributed by atoms with Crippen LogP contribution in [0, 0.1) is 19.8 Å². The summed E-state index contributed by atoms with van der Waals surface area (Å²) >= 11 is 3.67. The van der Waals surface area contributed by atoms with E-state index >= 15 is 0 Å². The highest BCUT2D eigenvalue weighted by Crippen LogP contribution is 2.46. The van der Waals surface area contributed by atoms with E-state index in [1.807, 2.05) is 0 Å². The molecule has 3 atom stereocenters. The molecule has 2 aliphatic rings. The normalized spacial score (nSPS) is 25.0. The molecular weight excluding hydrogens is 364 g/mol. The van der Waals surface area contributed by atoms with Gasteiger partial charge in [-0.3, -0.25) is 4.79 Å². The minimum absolute atomic E-state index is 0.0130. The molecule has 2 aromatic carbocycles. The SMILES string of the molecule is COC1Cc2ccccc2C1C1Cc2c(cc(C)c(Br)c2C)C1=O. The van der Waals surface area contributed by atoms with E-state index in [2.05, 4.69) is 60.1 Å². The van der Waals surface area contributed by atoms with Crippen molar-refractivity contribution in [2.45, 2.75) is 38.7 Å². The van der Waals surface area contributed by atoms with Gasteiger partial charge in [-0.15, -0.1) is 0 Å². The minimum Gasteiger partial charge on any atom is -0.380 e. The Morgan fingerprint density at radius 1 is 1.17 bits per heavy atom. The largest absolute Gasteiger partial charge is 0.380 e. The van der Waals surface area contributed by atoms with Gasteiger partial charge in [0.05, 0.1) is 6.10 Å². The van der Waals surface area contributed by atoms with E-state index in [-0.39, 0.29) is 23.7 Å². The molecule has 124 valence electrons. The average Bonchev–Trinajstić information content (AvgIpc) is 3.11. The van der Waals surface area contributed by atoms with Crippen LogP contribution in [-0.4, -0.2) is 19.0 Å². The summed E-state index contributed by atoms with van der Waals surface area (Å²) in [4.78, 5) is 13.2. The van der Waals surface area contributed by atoms with Crippen LogP contribution in [0.3, 0.4) is 0 Å². The van der Waals surface area contributed by atoms with E-state index < -0.39 is 0 Å². The second-order valence-corrected chi connectivity index (χ2v) is 7.83. The van der Waals surface area contributed by atoms with Crippen molar-refractivity contribution in [2.75, 3.05) is 7.11 Å². The van der Waals surface area contributed by atoms with Crippen LogP contribution in [0.1, 0.15) is 44.1 Å². The predicted molar refractivity (Wildman–Crippen MR) is 98.8 cm³/mol. The predicted octanol–water partition coefficient (Wildman–Crippen LogP) is 4.78. The van der Waals surface area contributed by atoms with Gasteiger partial charge in [0.25, 0.3) is 0 Å². The number of methoxy groups -OCH3 is 1. The summed E-state index contributed by atoms with van der Waals surface area (Å²) in [7, 11) is 1.77. The Morgan fingerprint density at radius 3 is 2.67 bits per heavy atom. The molecular formula is C21H21BrO2. The monoisotopic (exact) mass is 384 g/mol. The first-order chi connectivity index (χ1) is 11.5. The Bertz CT molecular complexity index is 840. The van der Waals surface area contributed by atoms with Crippen LogP contribution in [0.25, 0.3) is 0 Å². The maximum atomic E-state index is 13.2. The van der Waals surface area contributed by atoms with Crippen molar-refractivity contribution in [1.29, 1.82) is 0 Å². The molecule has 24 heavy (non-hydrogen) atoms. The summed E-state index contributed by atoms with van der Waals surface area (Å²) in [5, 5.41) is 0. The number of carbonyl (C=O) groups is 1. The number of hydrogen-bond acceptors (Lipinski definition) is 2. The fourth-order valence-corrected chi connectivity index (χ4v) is 4.93. The van der Waals surface area contributed by atoms with Crippen molar-refractivity contribution in [2.24, 2.45) is 5.92 Å². The van der Waals surface area contributed by atoms with Gasteiger partial charge >= 0.3 is 0 Å². The zero-order valence-corrected chi connectivity index (χ0v) is 15.8. The van der Waals surface area contributed by atoms with Gasteiger partial charge in [0, 0.05) is 29.0 Å². The second-order valence-electron chi connectivity index (χ2n) is 7.04. The molecule has 0 heterocycles. The molecule has 0 spiro atoms. The lowest BCUT2D eigenvalue weighted by Gasteiger charge is -2.24. The van der Waals surface area contributed by atoms with Gasteiger partial charge < -0.3 is 4.74 Å². The molecule has 0 fully saturated rings. The minimum atomic E-state index is -0.0130. The molecule has 4 rings (SSSR count). The fourth-order valence-electron chi connectivity index (χ4n) is 4.58. The third kappa shape index (κ3) is 2.21. The maximum Gasteiger partial charge on any atom is 0.167 e. The third-order valence-corrected chi connectivity index (χ3v) is 7.03. The van der Waals surface area contributed by atoms with E-state index in [1.165, 1.54) is 22.3 Å². The van der Waals surface area contributed by atoms with Crippen LogP contribution >= 0.6 is 15.9 Å². The molecule has 3 unspecified atom stereocenters. The molecule has 0 amide bonds. The Morgan fingerprint density at radius 2 is 1.92 bits per heavy atom. The van der Waals surface area contributed by atoms with E-state index in [1.54, 1.807) is 7.11 Å². The number of carbonyl (C=O) groups excluding carboxylic acids is 1. The average molecular weight is 385 g/mol. The highest BCUT2D eigenvalue weighted by atomic mass is 79.9. The van der Waals surface area contributed by atoms with Crippen LogP contribution < -0.4 is 0 Å². The number of hydrogen-bond donors (Lipinski definition) is 0. The molecule has 0 aliphatic heterocycles. The van der Waals surface area contributed by atoms with Gasteiger partial charge in [-0.05, 0) is 60.6 Å². The first-order valence-electron chi connectivity index (χ1n) is 8.46. The second kappa shape index (κ2) is 5.82. The van der Waals surface area contributed by atoms with Gasteiger partial charge in [0.2, 0.25) is 0 Å². The molecule has 0 aromatic heterocycles. The van der Waals surface area contributed by atoms with Crippen molar-refractivity contribution in [3.63, 3.8) is 0 Å². The van der Waals surface area contributed by atoms with E-state index in [4.69, 9.17) is 4.74 Å². The van der Waals surface area contributed by atoms with Crippen LogP contribution in [0.4, 0.5) is 0 Å². The topological polar surface area (TPSA) is 26.3 Å². The van der Waals surface area contributed by atoms with E-state index in [0.29, 0.717) is 0 Å². The van der Waals surface area contributed by atoms with Crippen molar-refractivity contribution in [3.05, 3.63) is 68.2 Å². The van der Waals surface area contributed by atoms with Crippen LogP contribution in [-0.2, 0) is 17.6 Å². The number of rotatable bonds is 2. The Kier molecular flexibility index (Phi) is 3.89. The molecule has 2 aromatic rings. The molecule has 0 bridgehead atoms. The van der Waals surface area contributed by atoms with E-state index in [0.717, 1.165) is 28.4 Å². The van der Waals surface area contributed by atoms with Gasteiger partial charge in [0.1, 0.15) is 0 Å². The summed E-state index contributed by atoms with van der Waals surface area (Å²) in [5.74, 6) is 0.429. The molecule has 2 aliphatic carbocycles. The van der Waals surface area contributed by atoms with Crippen molar-refractivity contribution in [3.8, 4) is 0 Å². The number of ether oxygens (including phenoxy) is 1. The van der Waals surface area contributed by atoms with Crippen LogP contribution in [0.2, 0.25) is 0 Å². The number of halogens is 1. The van der Waals surface area contributed by atoms with Gasteiger partial charge in [0.15, 0.2) is 5.78 Å². The highest BCUT2D eigenvalue weighted by Gasteiger charge is 2.45. The zero-order valence-electron chi connectivity index (χ0n) is 14.2. The fraction of sp³-hybridized carbons (Fsp3) is 0.381. The molecule has 2 nitrogen and oxygen atoms in total. The van der Waals surface area contributed by atoms with Crippen molar-refractivity contribution in [1.82, 2.24) is 0 Å². The number of aryl methyl sites for hydroxylation is 1. The molecule has 0 saturated heterocycles. The maximum absolute atomic E-state index is 13.2. The Balaban J connectivity index is 1.79. The zero-order chi connectivity index (χ0) is 17.0. The van der Waals surface area contributed by atoms with Crippen LogP contribution in [0.5, 0.6) is 0 Å². The molecule has 0 N–H and O–H groups in total. The molecule has 3 heteroatoms.